The average molecular weight is 865 g/mol. The van der Waals surface area contributed by atoms with E-state index in [1.54, 1.807) is 46.2 Å². The first-order valence-electron chi connectivity index (χ1n) is 21.0. The SMILES string of the molecule is C=C[C@@H]1C[C@]1(NC(=O)[C@@H]1C[C@@H]2CN1C(=O)[C@H](C1CCCCC1)NC(=O)[C@@H](NC(=O)OC(C)(C)C)COC/C=C/c1cc3c(nccc3cc1OC)O2)C(=O)NS(=O)(=O)C1CC1. The normalized spacial score (nSPS) is 28.1. The Kier molecular flexibility index (Phi) is 12.7. The van der Waals surface area contributed by atoms with Gasteiger partial charge in [0.05, 0.1) is 32.1 Å². The van der Waals surface area contributed by atoms with Crippen LogP contribution in [-0.2, 0) is 38.7 Å². The van der Waals surface area contributed by atoms with Crippen LogP contribution in [0.5, 0.6) is 11.6 Å². The van der Waals surface area contributed by atoms with Gasteiger partial charge in [-0.25, -0.2) is 18.2 Å². The number of ether oxygens (including phenoxy) is 4. The van der Waals surface area contributed by atoms with Gasteiger partial charge >= 0.3 is 6.09 Å². The minimum Gasteiger partial charge on any atom is -0.496 e. The van der Waals surface area contributed by atoms with Gasteiger partial charge in [0.1, 0.15) is 41.1 Å². The number of aromatic nitrogens is 1. The van der Waals surface area contributed by atoms with Crippen LogP contribution in [0.15, 0.2) is 43.1 Å². The maximum absolute atomic E-state index is 15.1. The molecule has 0 radical (unpaired) electrons. The molecule has 0 spiro atoms. The van der Waals surface area contributed by atoms with Crippen molar-refractivity contribution in [2.24, 2.45) is 11.8 Å². The van der Waals surface area contributed by atoms with E-state index in [0.717, 1.165) is 24.6 Å². The molecule has 18 heteroatoms. The van der Waals surface area contributed by atoms with Crippen LogP contribution in [0.1, 0.15) is 84.1 Å². The molecule has 5 amide bonds. The summed E-state index contributed by atoms with van der Waals surface area (Å²) in [5, 5.41) is 9.10. The molecule has 1 saturated heterocycles. The van der Waals surface area contributed by atoms with Gasteiger partial charge in [-0.05, 0) is 82.4 Å². The second kappa shape index (κ2) is 17.6. The Bertz CT molecular complexity index is 2200. The van der Waals surface area contributed by atoms with Gasteiger partial charge in [-0.2, -0.15) is 0 Å². The number of nitrogens with one attached hydrogen (secondary N) is 4. The third-order valence-electron chi connectivity index (χ3n) is 11.9. The van der Waals surface area contributed by atoms with E-state index in [4.69, 9.17) is 18.9 Å². The first-order chi connectivity index (χ1) is 29.0. The lowest BCUT2D eigenvalue weighted by Gasteiger charge is -2.35. The van der Waals surface area contributed by atoms with E-state index in [-0.39, 0.29) is 44.4 Å². The molecule has 4 bridgehead atoms. The van der Waals surface area contributed by atoms with Crippen molar-refractivity contribution in [1.82, 2.24) is 30.6 Å². The van der Waals surface area contributed by atoms with Crippen molar-refractivity contribution in [3.63, 3.8) is 0 Å². The Hall–Kier alpha value is -5.23. The van der Waals surface area contributed by atoms with Crippen LogP contribution in [-0.4, -0.2) is 116 Å². The first kappa shape index (κ1) is 43.8. The highest BCUT2D eigenvalue weighted by Gasteiger charge is 2.62. The quantitative estimate of drug-likeness (QED) is 0.267. The van der Waals surface area contributed by atoms with Gasteiger partial charge in [0.25, 0.3) is 5.91 Å². The molecule has 4 fully saturated rings. The number of carbonyl (C=O) groups is 5. The van der Waals surface area contributed by atoms with Crippen molar-refractivity contribution in [1.29, 1.82) is 0 Å². The Balaban J connectivity index is 1.26. The first-order valence-corrected chi connectivity index (χ1v) is 22.5. The van der Waals surface area contributed by atoms with Gasteiger partial charge in [0.2, 0.25) is 33.6 Å². The fraction of sp³-hybridized carbons (Fsp3) is 0.581. The topological polar surface area (TPSA) is 221 Å². The zero-order valence-electron chi connectivity index (χ0n) is 35.1. The molecule has 4 N–H and O–H groups in total. The predicted molar refractivity (Wildman–Crippen MR) is 224 cm³/mol. The third-order valence-corrected chi connectivity index (χ3v) is 13.8. The summed E-state index contributed by atoms with van der Waals surface area (Å²) in [6.07, 6.45) is 9.81. The number of pyridine rings is 1. The molecular weight excluding hydrogens is 809 g/mol. The van der Waals surface area contributed by atoms with E-state index in [1.807, 2.05) is 18.2 Å². The minimum atomic E-state index is -3.94. The molecule has 17 nitrogen and oxygen atoms in total. The molecule has 3 aliphatic carbocycles. The van der Waals surface area contributed by atoms with E-state index in [0.29, 0.717) is 42.4 Å². The van der Waals surface area contributed by atoms with Crippen LogP contribution >= 0.6 is 0 Å². The standard InChI is InChI=1S/C43H56N6O11S/c1-6-28-22-43(28,40(53)48-61(55,56)30-14-15-30)47-37(51)33-21-29-23-49(33)39(52)35(25-11-8-7-9-12-25)46-36(50)32(45-41(54)60-42(2,3)4)24-58-18-10-13-27-19-31-26(20-34(27)57-5)16-17-44-38(31)59-29/h6,10,13,16-17,19-20,25,28-30,32-33,35H,1,7-9,11-12,14-15,18,21-24H2,2-5H3,(H,45,54)(H,46,50)(H,47,51)(H,48,53)/b13-10+/t28-,29-,32+,33+,35+,43-/m1/s1. The van der Waals surface area contributed by atoms with E-state index < -0.39 is 86.3 Å². The highest BCUT2D eigenvalue weighted by molar-refractivity contribution is 7.91. The van der Waals surface area contributed by atoms with Crippen molar-refractivity contribution in [2.75, 3.05) is 26.9 Å². The summed E-state index contributed by atoms with van der Waals surface area (Å²) in [7, 11) is -2.39. The van der Waals surface area contributed by atoms with Crippen molar-refractivity contribution >= 4 is 56.6 Å². The number of sulfonamides is 1. The maximum Gasteiger partial charge on any atom is 0.408 e. The van der Waals surface area contributed by atoms with Crippen molar-refractivity contribution in [3.05, 3.63) is 48.7 Å². The average Bonchev–Trinajstić information content (AvgIpc) is 4.15. The van der Waals surface area contributed by atoms with Gasteiger partial charge in [0, 0.05) is 29.5 Å². The lowest BCUT2D eigenvalue weighted by Crippen LogP contribution is -2.61. The number of amides is 5. The van der Waals surface area contributed by atoms with Crippen molar-refractivity contribution in [2.45, 2.75) is 119 Å². The summed E-state index contributed by atoms with van der Waals surface area (Å²) in [4.78, 5) is 76.6. The maximum atomic E-state index is 15.1. The number of rotatable bonds is 9. The molecule has 330 valence electrons. The van der Waals surface area contributed by atoms with Gasteiger partial charge < -0.3 is 39.8 Å². The van der Waals surface area contributed by atoms with E-state index >= 15 is 4.79 Å². The monoisotopic (exact) mass is 864 g/mol. The van der Waals surface area contributed by atoms with Crippen LogP contribution in [0.3, 0.4) is 0 Å². The zero-order chi connectivity index (χ0) is 43.7. The van der Waals surface area contributed by atoms with Crippen molar-refractivity contribution in [3.8, 4) is 11.6 Å². The highest BCUT2D eigenvalue weighted by Crippen LogP contribution is 2.46. The van der Waals surface area contributed by atoms with Crippen LogP contribution in [0.4, 0.5) is 4.79 Å². The number of fused-ring (bicyclic) bond motifs is 3. The number of methoxy groups -OCH3 is 1. The molecule has 1 aromatic carbocycles. The zero-order valence-corrected chi connectivity index (χ0v) is 35.9. The number of hydrogen-bond donors (Lipinski definition) is 4. The summed E-state index contributed by atoms with van der Waals surface area (Å²) in [5.74, 6) is -2.83. The second-order valence-corrected chi connectivity index (χ2v) is 19.6. The second-order valence-electron chi connectivity index (χ2n) is 17.6. The van der Waals surface area contributed by atoms with Gasteiger partial charge in [0.15, 0.2) is 0 Å². The summed E-state index contributed by atoms with van der Waals surface area (Å²) in [6.45, 7) is 8.59. The fourth-order valence-corrected chi connectivity index (χ4v) is 9.85. The molecule has 1 aromatic heterocycles. The molecule has 61 heavy (non-hydrogen) atoms. The molecule has 2 aliphatic heterocycles. The Labute approximate surface area is 355 Å². The van der Waals surface area contributed by atoms with E-state index in [1.165, 1.54) is 11.0 Å². The van der Waals surface area contributed by atoms with Gasteiger partial charge in [-0.1, -0.05) is 37.5 Å². The van der Waals surface area contributed by atoms with Crippen LogP contribution < -0.4 is 30.1 Å². The van der Waals surface area contributed by atoms with Crippen LogP contribution in [0, 0.1) is 11.8 Å². The number of carbonyl (C=O) groups excluding carboxylic acids is 5. The third kappa shape index (κ3) is 9.96. The van der Waals surface area contributed by atoms with Crippen LogP contribution in [0.25, 0.3) is 16.8 Å². The number of benzene rings is 1. The summed E-state index contributed by atoms with van der Waals surface area (Å²) in [5.41, 5.74) is -1.79. The lowest BCUT2D eigenvalue weighted by molar-refractivity contribution is -0.144. The number of alkyl carbamates (subject to hydrolysis) is 1. The summed E-state index contributed by atoms with van der Waals surface area (Å²) in [6, 6.07) is 1.90. The summed E-state index contributed by atoms with van der Waals surface area (Å²) >= 11 is 0. The minimum absolute atomic E-state index is 0.0165. The Morgan fingerprint density at radius 2 is 1.85 bits per heavy atom. The predicted octanol–water partition coefficient (Wildman–Crippen LogP) is 3.26. The molecule has 6 atom stereocenters. The largest absolute Gasteiger partial charge is 0.496 e. The smallest absolute Gasteiger partial charge is 0.408 e. The molecule has 5 aliphatic rings. The molecular formula is C43H56N6O11S. The molecule has 3 heterocycles. The Morgan fingerprint density at radius 3 is 2.52 bits per heavy atom. The van der Waals surface area contributed by atoms with E-state index in [9.17, 15) is 27.6 Å². The van der Waals surface area contributed by atoms with Gasteiger partial charge in [-0.3, -0.25) is 23.9 Å². The van der Waals surface area contributed by atoms with Crippen LogP contribution in [0.2, 0.25) is 0 Å². The molecule has 3 saturated carbocycles. The fourth-order valence-electron chi connectivity index (χ4n) is 8.49. The number of hydrogen-bond acceptors (Lipinski definition) is 12. The lowest BCUT2D eigenvalue weighted by atomic mass is 9.83. The van der Waals surface area contributed by atoms with Gasteiger partial charge in [-0.15, -0.1) is 6.58 Å². The summed E-state index contributed by atoms with van der Waals surface area (Å²) < 4.78 is 51.5. The molecule has 2 aromatic rings. The number of nitrogens with zero attached hydrogens (tertiary/aromatic N) is 2. The van der Waals surface area contributed by atoms with E-state index in [2.05, 4.69) is 32.2 Å². The highest BCUT2D eigenvalue weighted by atomic mass is 32.2. The van der Waals surface area contributed by atoms with Crippen molar-refractivity contribution < 1.29 is 51.3 Å². The molecule has 0 unspecified atom stereocenters. The Morgan fingerprint density at radius 1 is 1.10 bits per heavy atom. The molecule has 7 rings (SSSR count).